The van der Waals surface area contributed by atoms with Crippen molar-refractivity contribution in [2.75, 3.05) is 33.5 Å². The molecule has 2 aliphatic carbocycles. The van der Waals surface area contributed by atoms with Gasteiger partial charge in [-0.3, -0.25) is 14.4 Å². The van der Waals surface area contributed by atoms with E-state index in [1.807, 2.05) is 27.5 Å². The molecule has 40 heavy (non-hydrogen) atoms. The number of nitrogens with zero attached hydrogens (tertiary/aromatic N) is 1. The highest BCUT2D eigenvalue weighted by atomic mass is 127. The monoisotopic (exact) mass is 670 g/mol. The molecule has 0 bridgehead atoms. The van der Waals surface area contributed by atoms with Crippen LogP contribution in [0.25, 0.3) is 0 Å². The molecule has 0 radical (unpaired) electrons. The topological polar surface area (TPSA) is 135 Å². The number of benzene rings is 1. The van der Waals surface area contributed by atoms with Crippen molar-refractivity contribution in [1.82, 2.24) is 10.2 Å². The third kappa shape index (κ3) is 7.15. The van der Waals surface area contributed by atoms with Crippen molar-refractivity contribution in [3.63, 3.8) is 0 Å². The summed E-state index contributed by atoms with van der Waals surface area (Å²) >= 11 is 2.04. The fourth-order valence-electron chi connectivity index (χ4n) is 5.90. The van der Waals surface area contributed by atoms with E-state index in [9.17, 15) is 24.6 Å². The molecule has 4 rings (SSSR count). The molecular weight excluding hydrogens is 631 g/mol. The molecule has 1 aromatic rings. The Morgan fingerprint density at radius 3 is 2.58 bits per heavy atom. The number of aliphatic hydroxyl groups is 2. The van der Waals surface area contributed by atoms with Crippen molar-refractivity contribution >= 4 is 40.7 Å². The van der Waals surface area contributed by atoms with Gasteiger partial charge in [-0.05, 0) is 60.1 Å². The summed E-state index contributed by atoms with van der Waals surface area (Å²) in [7, 11) is 1.46. The molecule has 2 amide bonds. The van der Waals surface area contributed by atoms with Crippen molar-refractivity contribution in [3.05, 3.63) is 32.9 Å². The van der Waals surface area contributed by atoms with Gasteiger partial charge in [-0.1, -0.05) is 25.7 Å². The number of hydrogen-bond donors (Lipinski definition) is 3. The van der Waals surface area contributed by atoms with Crippen LogP contribution in [0.15, 0.2) is 23.8 Å². The SMILES string of the molecule is COc1cc(C=O)cc(I)c1OC1C=C(C(=O)NCCO)CC(N(C(=O)C2CCOC2)C2CCCCCC2)C1O. The average molecular weight is 671 g/mol. The predicted molar refractivity (Wildman–Crippen MR) is 155 cm³/mol. The van der Waals surface area contributed by atoms with Crippen molar-refractivity contribution in [3.8, 4) is 11.5 Å². The largest absolute Gasteiger partial charge is 0.493 e. The summed E-state index contributed by atoms with van der Waals surface area (Å²) in [5.41, 5.74) is 0.792. The summed E-state index contributed by atoms with van der Waals surface area (Å²) < 4.78 is 18.0. The fraction of sp³-hybridized carbons (Fsp3) is 0.621. The molecule has 220 valence electrons. The molecule has 1 saturated carbocycles. The van der Waals surface area contributed by atoms with Gasteiger partial charge in [0.1, 0.15) is 18.5 Å². The molecule has 3 N–H and O–H groups in total. The third-order valence-corrected chi connectivity index (χ3v) is 8.77. The Labute approximate surface area is 248 Å². The molecule has 1 aliphatic heterocycles. The average Bonchev–Trinajstić information content (AvgIpc) is 3.38. The summed E-state index contributed by atoms with van der Waals surface area (Å²) in [4.78, 5) is 40.4. The van der Waals surface area contributed by atoms with Gasteiger partial charge >= 0.3 is 0 Å². The number of ether oxygens (including phenoxy) is 3. The first-order valence-electron chi connectivity index (χ1n) is 14.0. The van der Waals surface area contributed by atoms with Crippen LogP contribution in [0.4, 0.5) is 0 Å². The lowest BCUT2D eigenvalue weighted by atomic mass is 9.85. The van der Waals surface area contributed by atoms with Crippen LogP contribution in [0, 0.1) is 9.49 Å². The van der Waals surface area contributed by atoms with Crippen molar-refractivity contribution < 1.29 is 38.8 Å². The highest BCUT2D eigenvalue weighted by Gasteiger charge is 2.45. The first kappa shape index (κ1) is 30.7. The van der Waals surface area contributed by atoms with Crippen LogP contribution < -0.4 is 14.8 Å². The van der Waals surface area contributed by atoms with Crippen LogP contribution in [0.5, 0.6) is 11.5 Å². The van der Waals surface area contributed by atoms with E-state index in [1.165, 1.54) is 7.11 Å². The van der Waals surface area contributed by atoms with Crippen LogP contribution >= 0.6 is 22.6 Å². The fourth-order valence-corrected chi connectivity index (χ4v) is 6.65. The zero-order valence-electron chi connectivity index (χ0n) is 22.9. The van der Waals surface area contributed by atoms with Gasteiger partial charge < -0.3 is 34.6 Å². The second-order valence-electron chi connectivity index (χ2n) is 10.6. The van der Waals surface area contributed by atoms with E-state index in [-0.39, 0.29) is 43.3 Å². The summed E-state index contributed by atoms with van der Waals surface area (Å²) in [6, 6.07) is 2.45. The highest BCUT2D eigenvalue weighted by molar-refractivity contribution is 14.1. The number of nitrogens with one attached hydrogen (secondary N) is 1. The van der Waals surface area contributed by atoms with Gasteiger partial charge in [-0.2, -0.15) is 0 Å². The van der Waals surface area contributed by atoms with Crippen LogP contribution in [-0.4, -0.2) is 91.0 Å². The molecule has 1 heterocycles. The minimum absolute atomic E-state index is 0.0493. The van der Waals surface area contributed by atoms with Gasteiger partial charge in [0, 0.05) is 36.8 Å². The lowest BCUT2D eigenvalue weighted by Gasteiger charge is -2.45. The van der Waals surface area contributed by atoms with Gasteiger partial charge in [0.25, 0.3) is 0 Å². The van der Waals surface area contributed by atoms with E-state index in [4.69, 9.17) is 14.2 Å². The van der Waals surface area contributed by atoms with E-state index >= 15 is 0 Å². The van der Waals surface area contributed by atoms with Crippen molar-refractivity contribution in [2.24, 2.45) is 5.92 Å². The molecule has 11 heteroatoms. The molecule has 1 aromatic carbocycles. The quantitative estimate of drug-likeness (QED) is 0.197. The minimum atomic E-state index is -1.13. The maximum absolute atomic E-state index is 14.0. The minimum Gasteiger partial charge on any atom is -0.493 e. The van der Waals surface area contributed by atoms with Gasteiger partial charge in [0.05, 0.1) is 35.9 Å². The number of carbonyl (C=O) groups is 3. The lowest BCUT2D eigenvalue weighted by Crippen LogP contribution is -2.59. The van der Waals surface area contributed by atoms with Gasteiger partial charge in [-0.15, -0.1) is 0 Å². The maximum Gasteiger partial charge on any atom is 0.247 e. The summed E-state index contributed by atoms with van der Waals surface area (Å²) in [6.07, 6.45) is 6.86. The van der Waals surface area contributed by atoms with Crippen LogP contribution in [0.2, 0.25) is 0 Å². The molecule has 4 atom stereocenters. The predicted octanol–water partition coefficient (Wildman–Crippen LogP) is 2.62. The normalized spacial score (nSPS) is 25.4. The number of aldehydes is 1. The number of rotatable bonds is 10. The van der Waals surface area contributed by atoms with Gasteiger partial charge in [0.15, 0.2) is 11.5 Å². The molecular formula is C29H39IN2O8. The number of amides is 2. The van der Waals surface area contributed by atoms with Crippen molar-refractivity contribution in [1.29, 1.82) is 0 Å². The Kier molecular flexibility index (Phi) is 11.2. The number of carbonyl (C=O) groups excluding carboxylic acids is 3. The zero-order valence-corrected chi connectivity index (χ0v) is 25.0. The molecule has 0 aromatic heterocycles. The molecule has 1 saturated heterocycles. The van der Waals surface area contributed by atoms with E-state index in [0.29, 0.717) is 52.1 Å². The second kappa shape index (κ2) is 14.6. The van der Waals surface area contributed by atoms with E-state index in [2.05, 4.69) is 5.32 Å². The van der Waals surface area contributed by atoms with E-state index in [1.54, 1.807) is 18.2 Å². The number of halogens is 1. The zero-order chi connectivity index (χ0) is 28.6. The third-order valence-electron chi connectivity index (χ3n) is 7.96. The standard InChI is InChI=1S/C29H39IN2O8/c1-38-25-13-18(16-34)12-22(30)27(25)40-24-15-20(28(36)31-9-10-33)14-23(26(24)35)32(21-6-4-2-3-5-7-21)29(37)19-8-11-39-17-19/h12-13,15-16,19,21,23-24,26,33,35H,2-11,14,17H2,1H3,(H,31,36). The first-order chi connectivity index (χ1) is 19.4. The number of aliphatic hydroxyl groups excluding tert-OH is 2. The molecule has 4 unspecified atom stereocenters. The Morgan fingerprint density at radius 1 is 1.20 bits per heavy atom. The molecule has 10 nitrogen and oxygen atoms in total. The Hall–Kier alpha value is -2.22. The summed E-state index contributed by atoms with van der Waals surface area (Å²) in [6.45, 7) is 0.747. The van der Waals surface area contributed by atoms with Crippen LogP contribution in [-0.2, 0) is 14.3 Å². The Balaban J connectivity index is 1.72. The van der Waals surface area contributed by atoms with E-state index < -0.39 is 18.2 Å². The van der Waals surface area contributed by atoms with Gasteiger partial charge in [-0.25, -0.2) is 0 Å². The number of methoxy groups -OCH3 is 1. The second-order valence-corrected chi connectivity index (χ2v) is 11.8. The summed E-state index contributed by atoms with van der Waals surface area (Å²) in [5, 5.41) is 23.8. The highest BCUT2D eigenvalue weighted by Crippen LogP contribution is 2.38. The van der Waals surface area contributed by atoms with Crippen LogP contribution in [0.3, 0.4) is 0 Å². The Bertz CT molecular complexity index is 1080. The Morgan fingerprint density at radius 2 is 1.95 bits per heavy atom. The van der Waals surface area contributed by atoms with Gasteiger partial charge in [0.2, 0.25) is 11.8 Å². The first-order valence-corrected chi connectivity index (χ1v) is 15.1. The smallest absolute Gasteiger partial charge is 0.247 e. The van der Waals surface area contributed by atoms with Crippen molar-refractivity contribution in [2.45, 2.75) is 75.7 Å². The molecule has 0 spiro atoms. The van der Waals surface area contributed by atoms with E-state index in [0.717, 1.165) is 38.5 Å². The molecule has 2 fully saturated rings. The molecule has 3 aliphatic rings. The van der Waals surface area contributed by atoms with Crippen LogP contribution in [0.1, 0.15) is 61.7 Å². The summed E-state index contributed by atoms with van der Waals surface area (Å²) in [5.74, 6) is -0.0601. The number of hydrogen-bond acceptors (Lipinski definition) is 8. The lowest BCUT2D eigenvalue weighted by molar-refractivity contribution is -0.147. The maximum atomic E-state index is 14.0.